The summed E-state index contributed by atoms with van der Waals surface area (Å²) >= 11 is 12.4. The van der Waals surface area contributed by atoms with E-state index in [1.807, 2.05) is 32.9 Å². The number of nitrogens with zero attached hydrogens (tertiary/aromatic N) is 1. The van der Waals surface area contributed by atoms with E-state index in [1.54, 1.807) is 25.1 Å². The molecule has 1 aliphatic rings. The van der Waals surface area contributed by atoms with Crippen LogP contribution in [0.3, 0.4) is 0 Å². The Labute approximate surface area is 202 Å². The van der Waals surface area contributed by atoms with Gasteiger partial charge in [-0.2, -0.15) is 0 Å². The number of carbonyl (C=O) groups excluding carboxylic acids is 2. The summed E-state index contributed by atoms with van der Waals surface area (Å²) < 4.78 is 5.99. The van der Waals surface area contributed by atoms with Crippen LogP contribution in [0.1, 0.15) is 38.8 Å². The molecule has 2 rings (SSSR count). The second kappa shape index (κ2) is 13.2. The molecule has 0 bridgehead atoms. The van der Waals surface area contributed by atoms with Crippen molar-refractivity contribution in [3.8, 4) is 0 Å². The van der Waals surface area contributed by atoms with Crippen LogP contribution in [0.15, 0.2) is 41.0 Å². The first-order chi connectivity index (χ1) is 15.1. The molecule has 0 spiro atoms. The number of hydrogen-bond acceptors (Lipinski definition) is 6. The van der Waals surface area contributed by atoms with Gasteiger partial charge in [0, 0.05) is 10.6 Å². The second-order valence-electron chi connectivity index (χ2n) is 6.47. The maximum atomic E-state index is 12.6. The molecule has 1 heterocycles. The summed E-state index contributed by atoms with van der Waals surface area (Å²) in [6.45, 7) is 8.93. The molecule has 1 saturated heterocycles. The fourth-order valence-electron chi connectivity index (χ4n) is 2.44. The van der Waals surface area contributed by atoms with Crippen molar-refractivity contribution in [3.05, 3.63) is 57.2 Å². The Morgan fingerprint density at radius 1 is 1.38 bits per heavy atom. The standard InChI is InChI=1S/C20H21ClN2O5S2.C2H6/c1-4-14(28-10-13-7-11(2)5-6-15(13)21)8-16-18(25)23(20(29)30-16)9-17(24)22-12(3)19(26)27;1-2/h4-8,12H,9-10H2,1-3H3,(H,22,24)(H,26,27);1-2H3/b14-4-,16-8-;. The van der Waals surface area contributed by atoms with Crippen LogP contribution in [0, 0.1) is 6.92 Å². The quantitative estimate of drug-likeness (QED) is 0.311. The van der Waals surface area contributed by atoms with Crippen LogP contribution >= 0.6 is 35.6 Å². The smallest absolute Gasteiger partial charge is 0.325 e. The van der Waals surface area contributed by atoms with E-state index in [4.69, 9.17) is 33.7 Å². The molecule has 174 valence electrons. The number of thioether (sulfide) groups is 1. The molecule has 0 aliphatic carbocycles. The van der Waals surface area contributed by atoms with Crippen LogP contribution in [0.2, 0.25) is 5.02 Å². The zero-order chi connectivity index (χ0) is 24.4. The minimum absolute atomic E-state index is 0.210. The van der Waals surface area contributed by atoms with E-state index < -0.39 is 23.8 Å². The minimum atomic E-state index is -1.17. The first-order valence-electron chi connectivity index (χ1n) is 9.94. The van der Waals surface area contributed by atoms with E-state index in [2.05, 4.69) is 5.32 Å². The number of carbonyl (C=O) groups is 3. The van der Waals surface area contributed by atoms with Crippen LogP contribution in [-0.2, 0) is 25.7 Å². The first-order valence-corrected chi connectivity index (χ1v) is 11.5. The summed E-state index contributed by atoms with van der Waals surface area (Å²) in [5.41, 5.74) is 1.87. The number of amides is 2. The third kappa shape index (κ3) is 7.96. The number of benzene rings is 1. The summed E-state index contributed by atoms with van der Waals surface area (Å²) in [6, 6.07) is 4.56. The van der Waals surface area contributed by atoms with Crippen molar-refractivity contribution in [2.75, 3.05) is 6.54 Å². The molecule has 1 aliphatic heterocycles. The number of halogens is 1. The molecule has 0 aromatic heterocycles. The largest absolute Gasteiger partial charge is 0.489 e. The maximum Gasteiger partial charge on any atom is 0.325 e. The summed E-state index contributed by atoms with van der Waals surface area (Å²) in [4.78, 5) is 36.9. The number of allylic oxidation sites excluding steroid dienone is 2. The Hall–Kier alpha value is -2.36. The van der Waals surface area contributed by atoms with Gasteiger partial charge in [-0.15, -0.1) is 0 Å². The lowest BCUT2D eigenvalue weighted by molar-refractivity contribution is -0.141. The Morgan fingerprint density at radius 2 is 2.03 bits per heavy atom. The minimum Gasteiger partial charge on any atom is -0.489 e. The number of aliphatic carboxylic acids is 1. The summed E-state index contributed by atoms with van der Waals surface area (Å²) in [7, 11) is 0. The molecule has 0 radical (unpaired) electrons. The molecule has 10 heteroatoms. The normalized spacial score (nSPS) is 15.9. The SMILES string of the molecule is C/C=C(/C=C1\SC(=S)N(CC(=O)NC(C)C(=O)O)C1=O)OCc1cc(C)ccc1Cl.CC. The molecule has 1 fully saturated rings. The van der Waals surface area contributed by atoms with Crippen molar-refractivity contribution in [1.29, 1.82) is 0 Å². The number of aryl methyl sites for hydroxylation is 1. The van der Waals surface area contributed by atoms with Gasteiger partial charge < -0.3 is 15.2 Å². The zero-order valence-corrected chi connectivity index (χ0v) is 21.0. The number of rotatable bonds is 8. The van der Waals surface area contributed by atoms with Crippen LogP contribution < -0.4 is 5.32 Å². The van der Waals surface area contributed by atoms with Crippen LogP contribution in [0.25, 0.3) is 0 Å². The number of ether oxygens (including phenoxy) is 1. The topological polar surface area (TPSA) is 95.9 Å². The second-order valence-corrected chi connectivity index (χ2v) is 8.55. The van der Waals surface area contributed by atoms with Gasteiger partial charge in [0.25, 0.3) is 5.91 Å². The van der Waals surface area contributed by atoms with Crippen LogP contribution in [0.5, 0.6) is 0 Å². The predicted octanol–water partition coefficient (Wildman–Crippen LogP) is 4.43. The van der Waals surface area contributed by atoms with Gasteiger partial charge in [-0.25, -0.2) is 0 Å². The van der Waals surface area contributed by atoms with E-state index in [0.717, 1.165) is 27.8 Å². The molecule has 2 N–H and O–H groups in total. The van der Waals surface area contributed by atoms with E-state index in [9.17, 15) is 14.4 Å². The number of hydrogen-bond donors (Lipinski definition) is 2. The lowest BCUT2D eigenvalue weighted by Gasteiger charge is -2.15. The predicted molar refractivity (Wildman–Crippen MR) is 131 cm³/mol. The van der Waals surface area contributed by atoms with Gasteiger partial charge >= 0.3 is 5.97 Å². The molecule has 1 unspecified atom stereocenters. The van der Waals surface area contributed by atoms with Crippen molar-refractivity contribution in [2.24, 2.45) is 0 Å². The van der Waals surface area contributed by atoms with Crippen molar-refractivity contribution >= 4 is 57.7 Å². The Kier molecular flexibility index (Phi) is 11.5. The fourth-order valence-corrected chi connectivity index (χ4v) is 3.85. The van der Waals surface area contributed by atoms with Gasteiger partial charge in [0.05, 0.1) is 4.91 Å². The van der Waals surface area contributed by atoms with E-state index in [-0.39, 0.29) is 17.5 Å². The lowest BCUT2D eigenvalue weighted by Crippen LogP contribution is -2.45. The van der Waals surface area contributed by atoms with E-state index >= 15 is 0 Å². The monoisotopic (exact) mass is 498 g/mol. The third-order valence-corrected chi connectivity index (χ3v) is 5.82. The van der Waals surface area contributed by atoms with Crippen molar-refractivity contribution < 1.29 is 24.2 Å². The average molecular weight is 499 g/mol. The zero-order valence-electron chi connectivity index (χ0n) is 18.6. The van der Waals surface area contributed by atoms with Gasteiger partial charge in [-0.05, 0) is 39.0 Å². The van der Waals surface area contributed by atoms with E-state index in [0.29, 0.717) is 15.7 Å². The highest BCUT2D eigenvalue weighted by Crippen LogP contribution is 2.32. The van der Waals surface area contributed by atoms with Crippen molar-refractivity contribution in [1.82, 2.24) is 10.2 Å². The molecular weight excluding hydrogens is 472 g/mol. The van der Waals surface area contributed by atoms with Crippen LogP contribution in [-0.4, -0.2) is 44.7 Å². The van der Waals surface area contributed by atoms with Crippen molar-refractivity contribution in [2.45, 2.75) is 47.3 Å². The summed E-state index contributed by atoms with van der Waals surface area (Å²) in [5, 5.41) is 11.7. The third-order valence-electron chi connectivity index (χ3n) is 4.08. The van der Waals surface area contributed by atoms with Crippen molar-refractivity contribution in [3.63, 3.8) is 0 Å². The highest BCUT2D eigenvalue weighted by Gasteiger charge is 2.34. The molecule has 7 nitrogen and oxygen atoms in total. The maximum absolute atomic E-state index is 12.6. The number of thiocarbonyl (C=S) groups is 1. The highest BCUT2D eigenvalue weighted by molar-refractivity contribution is 8.26. The molecule has 1 aromatic carbocycles. The number of carboxylic acid groups (broad SMARTS) is 1. The van der Waals surface area contributed by atoms with Gasteiger partial charge in [-0.3, -0.25) is 19.3 Å². The Balaban J connectivity index is 0.00000249. The molecule has 32 heavy (non-hydrogen) atoms. The lowest BCUT2D eigenvalue weighted by atomic mass is 10.1. The van der Waals surface area contributed by atoms with Crippen LogP contribution in [0.4, 0.5) is 0 Å². The van der Waals surface area contributed by atoms with E-state index in [1.165, 1.54) is 6.92 Å². The van der Waals surface area contributed by atoms with Gasteiger partial charge in [0.2, 0.25) is 5.91 Å². The number of nitrogens with one attached hydrogen (secondary N) is 1. The Bertz CT molecular complexity index is 946. The van der Waals surface area contributed by atoms with Gasteiger partial charge in [0.15, 0.2) is 0 Å². The first kappa shape index (κ1) is 27.7. The van der Waals surface area contributed by atoms with Gasteiger partial charge in [-0.1, -0.05) is 67.1 Å². The molecular formula is C22H27ClN2O5S2. The molecule has 2 amide bonds. The highest BCUT2D eigenvalue weighted by atomic mass is 35.5. The fraction of sp³-hybridized carbons (Fsp3) is 0.364. The van der Waals surface area contributed by atoms with Gasteiger partial charge in [0.1, 0.15) is 29.3 Å². The average Bonchev–Trinajstić information content (AvgIpc) is 3.01. The molecule has 1 aromatic rings. The summed E-state index contributed by atoms with van der Waals surface area (Å²) in [6.07, 6.45) is 3.26. The molecule has 0 saturated carbocycles. The Morgan fingerprint density at radius 3 is 2.62 bits per heavy atom. The molecule has 1 atom stereocenters. The number of carboxylic acids is 1. The summed E-state index contributed by atoms with van der Waals surface area (Å²) in [5.74, 6) is -1.77.